The third-order valence-electron chi connectivity index (χ3n) is 4.61. The first-order valence-corrected chi connectivity index (χ1v) is 11.4. The van der Waals surface area contributed by atoms with Gasteiger partial charge in [-0.1, -0.05) is 22.9 Å². The zero-order valence-corrected chi connectivity index (χ0v) is 18.8. The van der Waals surface area contributed by atoms with Crippen molar-refractivity contribution in [3.8, 4) is 0 Å². The number of alkyl halides is 1. The predicted octanol–water partition coefficient (Wildman–Crippen LogP) is 3.53. The fourth-order valence-electron chi connectivity index (χ4n) is 3.12. The summed E-state index contributed by atoms with van der Waals surface area (Å²) in [5.41, 5.74) is 0.977. The summed E-state index contributed by atoms with van der Waals surface area (Å²) in [4.78, 5) is 39.7. The van der Waals surface area contributed by atoms with Gasteiger partial charge in [0.15, 0.2) is 10.9 Å². The van der Waals surface area contributed by atoms with E-state index in [0.29, 0.717) is 56.0 Å². The van der Waals surface area contributed by atoms with Gasteiger partial charge in [0.2, 0.25) is 5.91 Å². The topological polar surface area (TPSA) is 100 Å². The van der Waals surface area contributed by atoms with Gasteiger partial charge in [-0.15, -0.1) is 11.3 Å². The molecule has 0 aromatic carbocycles. The van der Waals surface area contributed by atoms with Crippen molar-refractivity contribution in [1.82, 2.24) is 20.3 Å². The molecule has 0 bridgehead atoms. The van der Waals surface area contributed by atoms with Crippen molar-refractivity contribution >= 4 is 62.7 Å². The summed E-state index contributed by atoms with van der Waals surface area (Å²) in [5, 5.41) is 8.00. The Hall–Kier alpha value is -2.63. The number of carbonyl (C=O) groups excluding carboxylic acids is 2. The number of anilines is 3. The molecule has 162 valence electrons. The first-order valence-electron chi connectivity index (χ1n) is 9.37. The molecule has 0 spiro atoms. The number of thiazole rings is 1. The van der Waals surface area contributed by atoms with Gasteiger partial charge in [0.25, 0.3) is 0 Å². The molecular weight excluding hydrogens is 463 g/mol. The summed E-state index contributed by atoms with van der Waals surface area (Å²) < 4.78 is 13.5. The monoisotopic (exact) mass is 480 g/mol. The summed E-state index contributed by atoms with van der Waals surface area (Å²) in [6, 6.07) is 1.74. The van der Waals surface area contributed by atoms with E-state index in [4.69, 9.17) is 11.6 Å². The molecule has 1 saturated heterocycles. The van der Waals surface area contributed by atoms with E-state index in [1.54, 1.807) is 18.4 Å². The Labute approximate surface area is 190 Å². The van der Waals surface area contributed by atoms with Gasteiger partial charge in [-0.2, -0.15) is 0 Å². The Balaban J connectivity index is 1.48. The van der Waals surface area contributed by atoms with Crippen molar-refractivity contribution in [3.63, 3.8) is 0 Å². The van der Waals surface area contributed by atoms with Gasteiger partial charge in [-0.3, -0.25) is 9.59 Å². The number of hydrogen-bond acceptors (Lipinski definition) is 9. The smallest absolute Gasteiger partial charge is 0.239 e. The van der Waals surface area contributed by atoms with Gasteiger partial charge in [-0.05, 0) is 23.4 Å². The highest BCUT2D eigenvalue weighted by Gasteiger charge is 2.20. The molecule has 0 saturated carbocycles. The van der Waals surface area contributed by atoms with Gasteiger partial charge >= 0.3 is 0 Å². The molecule has 1 amide bonds. The van der Waals surface area contributed by atoms with Crippen LogP contribution in [0.25, 0.3) is 0 Å². The van der Waals surface area contributed by atoms with E-state index in [2.05, 4.69) is 25.6 Å². The molecule has 0 atom stereocenters. The van der Waals surface area contributed by atoms with Crippen LogP contribution in [0.2, 0.25) is 4.34 Å². The van der Waals surface area contributed by atoms with Crippen LogP contribution in [0.15, 0.2) is 17.6 Å². The molecule has 4 heterocycles. The van der Waals surface area contributed by atoms with Crippen LogP contribution >= 0.6 is 34.3 Å². The molecule has 31 heavy (non-hydrogen) atoms. The Morgan fingerprint density at radius 3 is 3.03 bits per heavy atom. The number of thiophene rings is 1. The molecule has 12 heteroatoms. The lowest BCUT2D eigenvalue weighted by Gasteiger charge is -2.27. The highest BCUT2D eigenvalue weighted by Crippen LogP contribution is 2.31. The highest BCUT2D eigenvalue weighted by molar-refractivity contribution is 7.17. The van der Waals surface area contributed by atoms with E-state index in [9.17, 15) is 14.0 Å². The lowest BCUT2D eigenvalue weighted by molar-refractivity contribution is -0.120. The highest BCUT2D eigenvalue weighted by atomic mass is 35.5. The molecule has 1 aliphatic heterocycles. The van der Waals surface area contributed by atoms with Crippen LogP contribution < -0.4 is 15.5 Å². The maximum Gasteiger partial charge on any atom is 0.239 e. The third-order valence-corrected chi connectivity index (χ3v) is 6.92. The van der Waals surface area contributed by atoms with Crippen molar-refractivity contribution in [2.75, 3.05) is 29.9 Å². The van der Waals surface area contributed by atoms with Crippen LogP contribution in [0.3, 0.4) is 0 Å². The summed E-state index contributed by atoms with van der Waals surface area (Å²) in [7, 11) is 0. The van der Waals surface area contributed by atoms with Gasteiger partial charge in [0.1, 0.15) is 24.1 Å². The minimum absolute atomic E-state index is 0.0248. The maximum absolute atomic E-state index is 13.1. The minimum Gasteiger partial charge on any atom is -0.353 e. The zero-order valence-electron chi connectivity index (χ0n) is 16.4. The number of Topliss-reactive ketones (excluding diaryl/α,β-unsaturated/α-hetero) is 1. The normalized spacial score (nSPS) is 13.9. The number of aryl methyl sites for hydroxylation is 1. The fourth-order valence-corrected chi connectivity index (χ4v) is 5.00. The predicted molar refractivity (Wildman–Crippen MR) is 120 cm³/mol. The third kappa shape index (κ3) is 5.00. The molecule has 3 aromatic rings. The molecule has 4 rings (SSSR count). The molecule has 0 radical (unpaired) electrons. The lowest BCUT2D eigenvalue weighted by atomic mass is 10.1. The van der Waals surface area contributed by atoms with E-state index in [0.717, 1.165) is 0 Å². The second-order valence-corrected chi connectivity index (χ2v) is 9.34. The van der Waals surface area contributed by atoms with E-state index in [-0.39, 0.29) is 24.7 Å². The Kier molecular flexibility index (Phi) is 6.44. The molecule has 3 aromatic heterocycles. The standard InChI is InChI=1S/C19H18ClFN6O2S2/c1-10-24-15(5-16(25-10)27-3-2-22-17(29)8-27)26-19-23-7-14(31-19)13(28)4-12-11(6-21)9-30-18(12)20/h5,7,9H,2-4,6,8H2,1H3,(H,22,29)(H,23,24,25,26). The maximum atomic E-state index is 13.1. The summed E-state index contributed by atoms with van der Waals surface area (Å²) in [6.45, 7) is 2.56. The van der Waals surface area contributed by atoms with Gasteiger partial charge < -0.3 is 15.5 Å². The van der Waals surface area contributed by atoms with Gasteiger partial charge in [0.05, 0.1) is 22.0 Å². The average Bonchev–Trinajstić information content (AvgIpc) is 3.34. The molecule has 2 N–H and O–H groups in total. The number of ketones is 1. The first-order chi connectivity index (χ1) is 14.9. The molecule has 0 unspecified atom stereocenters. The number of halogens is 2. The molecular formula is C19H18ClFN6O2S2. The van der Waals surface area contributed by atoms with E-state index < -0.39 is 6.67 Å². The molecule has 8 nitrogen and oxygen atoms in total. The number of aromatic nitrogens is 3. The number of amides is 1. The zero-order chi connectivity index (χ0) is 22.0. The van der Waals surface area contributed by atoms with E-state index in [1.807, 2.05) is 4.90 Å². The number of carbonyl (C=O) groups is 2. The van der Waals surface area contributed by atoms with Crippen LogP contribution in [-0.2, 0) is 17.9 Å². The largest absolute Gasteiger partial charge is 0.353 e. The second kappa shape index (κ2) is 9.25. The minimum atomic E-state index is -0.657. The SMILES string of the molecule is Cc1nc(Nc2ncc(C(=O)Cc3c(CF)csc3Cl)s2)cc(N2CCNC(=O)C2)n1. The summed E-state index contributed by atoms with van der Waals surface area (Å²) >= 11 is 8.50. The number of hydrogen-bond donors (Lipinski definition) is 2. The number of nitrogens with zero attached hydrogens (tertiary/aromatic N) is 4. The lowest BCUT2D eigenvalue weighted by Crippen LogP contribution is -2.48. The number of piperazine rings is 1. The van der Waals surface area contributed by atoms with Crippen molar-refractivity contribution in [3.05, 3.63) is 43.8 Å². The Morgan fingerprint density at radius 1 is 1.42 bits per heavy atom. The van der Waals surface area contributed by atoms with Crippen LogP contribution in [0.4, 0.5) is 21.2 Å². The van der Waals surface area contributed by atoms with Gasteiger partial charge in [0, 0.05) is 25.6 Å². The molecule has 1 aliphatic rings. The quantitative estimate of drug-likeness (QED) is 0.499. The average molecular weight is 481 g/mol. The van der Waals surface area contributed by atoms with Crippen molar-refractivity contribution in [2.24, 2.45) is 0 Å². The van der Waals surface area contributed by atoms with Crippen LogP contribution in [-0.4, -0.2) is 46.3 Å². The van der Waals surface area contributed by atoms with Gasteiger partial charge in [-0.25, -0.2) is 19.3 Å². The van der Waals surface area contributed by atoms with Crippen molar-refractivity contribution < 1.29 is 14.0 Å². The summed E-state index contributed by atoms with van der Waals surface area (Å²) in [6.07, 6.45) is 1.51. The number of nitrogens with one attached hydrogen (secondary N) is 2. The Morgan fingerprint density at radius 2 is 2.26 bits per heavy atom. The fraction of sp³-hybridized carbons (Fsp3) is 0.316. The van der Waals surface area contributed by atoms with Crippen molar-refractivity contribution in [2.45, 2.75) is 20.0 Å². The first kappa shape index (κ1) is 21.6. The summed E-state index contributed by atoms with van der Waals surface area (Å²) in [5.74, 6) is 1.47. The van der Waals surface area contributed by atoms with Crippen LogP contribution in [0, 0.1) is 6.92 Å². The Bertz CT molecular complexity index is 1130. The molecule has 0 aliphatic carbocycles. The number of rotatable bonds is 7. The van der Waals surface area contributed by atoms with Crippen molar-refractivity contribution in [1.29, 1.82) is 0 Å². The van der Waals surface area contributed by atoms with E-state index >= 15 is 0 Å². The molecule has 1 fully saturated rings. The van der Waals surface area contributed by atoms with E-state index in [1.165, 1.54) is 28.9 Å². The van der Waals surface area contributed by atoms with Crippen LogP contribution in [0.1, 0.15) is 26.6 Å². The van der Waals surface area contributed by atoms with Crippen LogP contribution in [0.5, 0.6) is 0 Å². The second-order valence-electron chi connectivity index (χ2n) is 6.83.